The highest BCUT2D eigenvalue weighted by atomic mass is 16.5. The molecule has 1 aromatic carbocycles. The lowest BCUT2D eigenvalue weighted by Crippen LogP contribution is -2.73. The number of amides is 3. The van der Waals surface area contributed by atoms with Crippen molar-refractivity contribution in [1.82, 2.24) is 20.4 Å². The van der Waals surface area contributed by atoms with Gasteiger partial charge in [-0.2, -0.15) is 0 Å². The second-order valence-corrected chi connectivity index (χ2v) is 8.15. The van der Waals surface area contributed by atoms with E-state index in [1.807, 2.05) is 12.1 Å². The van der Waals surface area contributed by atoms with Crippen LogP contribution in [0.25, 0.3) is 0 Å². The SMILES string of the molecule is O=C1CCC(N2Cc3c(CN4CCOCC45CNC5)cccc3C2=O)C(=O)N1. The number of carbonyl (C=O) groups excluding carboxylic acids is 3. The number of ether oxygens (including phenoxy) is 1. The molecule has 1 spiro atoms. The van der Waals surface area contributed by atoms with Gasteiger partial charge >= 0.3 is 0 Å². The number of benzene rings is 1. The van der Waals surface area contributed by atoms with Crippen LogP contribution in [-0.2, 0) is 27.4 Å². The van der Waals surface area contributed by atoms with Crippen molar-refractivity contribution in [2.24, 2.45) is 0 Å². The van der Waals surface area contributed by atoms with E-state index >= 15 is 0 Å². The van der Waals surface area contributed by atoms with E-state index in [9.17, 15) is 14.4 Å². The average molecular weight is 384 g/mol. The van der Waals surface area contributed by atoms with Crippen LogP contribution in [0.1, 0.15) is 34.3 Å². The molecule has 2 N–H and O–H groups in total. The Kier molecular flexibility index (Phi) is 4.22. The van der Waals surface area contributed by atoms with E-state index in [-0.39, 0.29) is 29.7 Å². The van der Waals surface area contributed by atoms with E-state index in [2.05, 4.69) is 21.6 Å². The molecule has 4 heterocycles. The molecular formula is C20H24N4O4. The lowest BCUT2D eigenvalue weighted by atomic mass is 9.89. The first-order valence-electron chi connectivity index (χ1n) is 9.86. The van der Waals surface area contributed by atoms with Gasteiger partial charge in [-0.25, -0.2) is 0 Å². The van der Waals surface area contributed by atoms with Crippen LogP contribution in [0.3, 0.4) is 0 Å². The summed E-state index contributed by atoms with van der Waals surface area (Å²) in [6.45, 7) is 5.36. The van der Waals surface area contributed by atoms with Crippen molar-refractivity contribution in [2.75, 3.05) is 32.8 Å². The van der Waals surface area contributed by atoms with Gasteiger partial charge in [0.25, 0.3) is 5.91 Å². The smallest absolute Gasteiger partial charge is 0.255 e. The van der Waals surface area contributed by atoms with E-state index in [4.69, 9.17) is 4.74 Å². The van der Waals surface area contributed by atoms with E-state index in [1.54, 1.807) is 4.90 Å². The first-order valence-corrected chi connectivity index (χ1v) is 9.86. The van der Waals surface area contributed by atoms with Crippen molar-refractivity contribution in [3.05, 3.63) is 34.9 Å². The van der Waals surface area contributed by atoms with Gasteiger partial charge < -0.3 is 15.0 Å². The van der Waals surface area contributed by atoms with Crippen LogP contribution in [0.4, 0.5) is 0 Å². The Balaban J connectivity index is 1.39. The summed E-state index contributed by atoms with van der Waals surface area (Å²) in [6, 6.07) is 5.27. The molecule has 0 radical (unpaired) electrons. The van der Waals surface area contributed by atoms with Gasteiger partial charge in [-0.1, -0.05) is 12.1 Å². The number of fused-ring (bicyclic) bond motifs is 1. The zero-order valence-electron chi connectivity index (χ0n) is 15.7. The number of piperidine rings is 1. The second-order valence-electron chi connectivity index (χ2n) is 8.15. The number of hydrogen-bond donors (Lipinski definition) is 2. The number of nitrogens with zero attached hydrogens (tertiary/aromatic N) is 2. The summed E-state index contributed by atoms with van der Waals surface area (Å²) in [5.41, 5.74) is 2.86. The fraction of sp³-hybridized carbons (Fsp3) is 0.550. The highest BCUT2D eigenvalue weighted by molar-refractivity contribution is 6.05. The summed E-state index contributed by atoms with van der Waals surface area (Å²) < 4.78 is 5.71. The third-order valence-electron chi connectivity index (χ3n) is 6.50. The van der Waals surface area contributed by atoms with E-state index in [0.717, 1.165) is 50.5 Å². The summed E-state index contributed by atoms with van der Waals surface area (Å²) in [7, 11) is 0. The van der Waals surface area contributed by atoms with Crippen molar-refractivity contribution in [3.8, 4) is 0 Å². The molecule has 0 aromatic heterocycles. The molecule has 1 unspecified atom stereocenters. The molecule has 8 nitrogen and oxygen atoms in total. The van der Waals surface area contributed by atoms with Gasteiger partial charge in [0.2, 0.25) is 11.8 Å². The largest absolute Gasteiger partial charge is 0.378 e. The molecule has 148 valence electrons. The topological polar surface area (TPSA) is 91.0 Å². The van der Waals surface area contributed by atoms with Crippen LogP contribution in [0.2, 0.25) is 0 Å². The molecule has 28 heavy (non-hydrogen) atoms. The maximum Gasteiger partial charge on any atom is 0.255 e. The molecule has 1 atom stereocenters. The lowest BCUT2D eigenvalue weighted by molar-refractivity contribution is -0.136. The van der Waals surface area contributed by atoms with Crippen LogP contribution in [0, 0.1) is 0 Å². The van der Waals surface area contributed by atoms with E-state index < -0.39 is 6.04 Å². The minimum absolute atomic E-state index is 0.0485. The van der Waals surface area contributed by atoms with Crippen LogP contribution in [-0.4, -0.2) is 72.0 Å². The summed E-state index contributed by atoms with van der Waals surface area (Å²) >= 11 is 0. The Morgan fingerprint density at radius 1 is 1.21 bits per heavy atom. The van der Waals surface area contributed by atoms with Gasteiger partial charge in [0.1, 0.15) is 6.04 Å². The summed E-state index contributed by atoms with van der Waals surface area (Å²) in [5.74, 6) is -0.752. The summed E-state index contributed by atoms with van der Waals surface area (Å²) in [5, 5.41) is 5.71. The van der Waals surface area contributed by atoms with Gasteiger partial charge in [-0.3, -0.25) is 24.6 Å². The number of rotatable bonds is 3. The molecule has 0 bridgehead atoms. The molecule has 0 saturated carbocycles. The average Bonchev–Trinajstić information content (AvgIpc) is 2.99. The number of imide groups is 1. The molecule has 0 aliphatic carbocycles. The number of morpholine rings is 1. The van der Waals surface area contributed by atoms with Crippen LogP contribution in [0.15, 0.2) is 18.2 Å². The zero-order valence-corrected chi connectivity index (χ0v) is 15.7. The predicted octanol–water partition coefficient (Wildman–Crippen LogP) is -0.378. The quantitative estimate of drug-likeness (QED) is 0.691. The minimum Gasteiger partial charge on any atom is -0.378 e. The van der Waals surface area contributed by atoms with Gasteiger partial charge in [0.15, 0.2) is 0 Å². The molecule has 1 aromatic rings. The monoisotopic (exact) mass is 384 g/mol. The van der Waals surface area contributed by atoms with Crippen molar-refractivity contribution in [3.63, 3.8) is 0 Å². The van der Waals surface area contributed by atoms with Crippen molar-refractivity contribution in [2.45, 2.75) is 37.5 Å². The normalized spacial score (nSPS) is 26.9. The van der Waals surface area contributed by atoms with E-state index in [0.29, 0.717) is 18.5 Å². The third kappa shape index (κ3) is 2.75. The second kappa shape index (κ2) is 6.65. The van der Waals surface area contributed by atoms with Crippen molar-refractivity contribution >= 4 is 17.7 Å². The first kappa shape index (κ1) is 17.8. The highest BCUT2D eigenvalue weighted by Gasteiger charge is 2.45. The third-order valence-corrected chi connectivity index (χ3v) is 6.50. The fourth-order valence-corrected chi connectivity index (χ4v) is 4.75. The van der Waals surface area contributed by atoms with Gasteiger partial charge in [0.05, 0.1) is 18.8 Å². The zero-order chi connectivity index (χ0) is 19.3. The molecule has 8 heteroatoms. The van der Waals surface area contributed by atoms with E-state index in [1.165, 1.54) is 0 Å². The molecule has 3 amide bonds. The van der Waals surface area contributed by atoms with Crippen LogP contribution in [0.5, 0.6) is 0 Å². The number of hydrogen-bond acceptors (Lipinski definition) is 6. The Hall–Kier alpha value is -2.29. The fourth-order valence-electron chi connectivity index (χ4n) is 4.75. The van der Waals surface area contributed by atoms with Crippen molar-refractivity contribution < 1.29 is 19.1 Å². The maximum atomic E-state index is 13.0. The molecule has 3 saturated heterocycles. The van der Waals surface area contributed by atoms with Gasteiger partial charge in [0, 0.05) is 44.7 Å². The Morgan fingerprint density at radius 2 is 2.07 bits per heavy atom. The standard InChI is InChI=1S/C20H24N4O4/c25-17-5-4-16(18(26)22-17)24-9-15-13(2-1-3-14(15)19(24)27)8-23-6-7-28-12-20(23)10-21-11-20/h1-3,16,21H,4-12H2,(H,22,25,26). The summed E-state index contributed by atoms with van der Waals surface area (Å²) in [4.78, 5) is 40.8. The van der Waals surface area contributed by atoms with Gasteiger partial charge in [-0.05, 0) is 23.6 Å². The molecule has 4 aliphatic heterocycles. The van der Waals surface area contributed by atoms with Gasteiger partial charge in [-0.15, -0.1) is 0 Å². The van der Waals surface area contributed by atoms with Crippen molar-refractivity contribution in [1.29, 1.82) is 0 Å². The summed E-state index contributed by atoms with van der Waals surface area (Å²) in [6.07, 6.45) is 0.657. The Bertz CT molecular complexity index is 851. The number of nitrogens with one attached hydrogen (secondary N) is 2. The first-order chi connectivity index (χ1) is 13.6. The maximum absolute atomic E-state index is 13.0. The molecular weight excluding hydrogens is 360 g/mol. The lowest BCUT2D eigenvalue weighted by Gasteiger charge is -2.53. The molecule has 5 rings (SSSR count). The number of carbonyl (C=O) groups is 3. The van der Waals surface area contributed by atoms with Crippen LogP contribution >= 0.6 is 0 Å². The molecule has 4 aliphatic rings. The highest BCUT2D eigenvalue weighted by Crippen LogP contribution is 2.33. The minimum atomic E-state index is -0.573. The predicted molar refractivity (Wildman–Crippen MR) is 99.3 cm³/mol. The Labute approximate surface area is 163 Å². The molecule has 3 fully saturated rings. The van der Waals surface area contributed by atoms with Crippen LogP contribution < -0.4 is 10.6 Å². The Morgan fingerprint density at radius 3 is 2.82 bits per heavy atom.